The SMILES string of the molecule is Cc1ccc(C(=O)NC2CC2)cc1-c1ccc2c(N3CC(C)NC(C)C3)nncc2c1. The Hall–Kier alpha value is -2.99. The zero-order chi connectivity index (χ0) is 21.5. The topological polar surface area (TPSA) is 70.2 Å². The van der Waals surface area contributed by atoms with E-state index in [1.165, 1.54) is 0 Å². The number of nitrogens with zero attached hydrogens (tertiary/aromatic N) is 3. The van der Waals surface area contributed by atoms with Crippen molar-refractivity contribution in [3.63, 3.8) is 0 Å². The number of aromatic nitrogens is 2. The average Bonchev–Trinajstić information content (AvgIpc) is 3.56. The summed E-state index contributed by atoms with van der Waals surface area (Å²) < 4.78 is 0. The zero-order valence-corrected chi connectivity index (χ0v) is 18.4. The van der Waals surface area contributed by atoms with Crippen molar-refractivity contribution in [2.45, 2.75) is 51.7 Å². The van der Waals surface area contributed by atoms with Crippen molar-refractivity contribution in [2.75, 3.05) is 18.0 Å². The van der Waals surface area contributed by atoms with Crippen LogP contribution in [0.1, 0.15) is 42.6 Å². The van der Waals surface area contributed by atoms with Crippen LogP contribution in [0.3, 0.4) is 0 Å². The summed E-state index contributed by atoms with van der Waals surface area (Å²) in [4.78, 5) is 14.9. The molecule has 1 saturated carbocycles. The molecule has 0 radical (unpaired) electrons. The van der Waals surface area contributed by atoms with E-state index in [1.54, 1.807) is 0 Å². The third-order valence-electron chi connectivity index (χ3n) is 6.22. The summed E-state index contributed by atoms with van der Waals surface area (Å²) >= 11 is 0. The van der Waals surface area contributed by atoms with E-state index in [0.717, 1.165) is 59.2 Å². The van der Waals surface area contributed by atoms with Gasteiger partial charge in [0.05, 0.1) is 6.20 Å². The quantitative estimate of drug-likeness (QED) is 0.680. The number of nitrogens with one attached hydrogen (secondary N) is 2. The average molecular weight is 416 g/mol. The van der Waals surface area contributed by atoms with E-state index >= 15 is 0 Å². The van der Waals surface area contributed by atoms with Crippen LogP contribution in [-0.4, -0.2) is 47.3 Å². The number of benzene rings is 2. The highest BCUT2D eigenvalue weighted by Gasteiger charge is 2.25. The number of anilines is 1. The number of amides is 1. The molecule has 2 fully saturated rings. The number of aryl methyl sites for hydroxylation is 1. The second-order valence-electron chi connectivity index (χ2n) is 9.12. The highest BCUT2D eigenvalue weighted by atomic mass is 16.1. The monoisotopic (exact) mass is 415 g/mol. The molecule has 6 nitrogen and oxygen atoms in total. The number of carbonyl (C=O) groups excluding carboxylic acids is 1. The smallest absolute Gasteiger partial charge is 0.251 e. The minimum atomic E-state index is 0.0136. The molecule has 3 aromatic rings. The molecule has 2 aromatic carbocycles. The fourth-order valence-electron chi connectivity index (χ4n) is 4.54. The molecule has 0 spiro atoms. The molecule has 2 heterocycles. The molecule has 1 aliphatic heterocycles. The van der Waals surface area contributed by atoms with Crippen LogP contribution in [-0.2, 0) is 0 Å². The normalized spacial score (nSPS) is 21.3. The van der Waals surface area contributed by atoms with Gasteiger partial charge in [-0.25, -0.2) is 0 Å². The summed E-state index contributed by atoms with van der Waals surface area (Å²) in [5.74, 6) is 0.957. The van der Waals surface area contributed by atoms with Gasteiger partial charge in [-0.05, 0) is 74.6 Å². The predicted molar refractivity (Wildman–Crippen MR) is 124 cm³/mol. The summed E-state index contributed by atoms with van der Waals surface area (Å²) in [5.41, 5.74) is 4.03. The van der Waals surface area contributed by atoms with Gasteiger partial charge in [0.15, 0.2) is 5.82 Å². The molecular formula is C25H29N5O. The second-order valence-corrected chi connectivity index (χ2v) is 9.12. The molecule has 6 heteroatoms. The van der Waals surface area contributed by atoms with E-state index in [0.29, 0.717) is 23.7 Å². The Morgan fingerprint density at radius 2 is 1.87 bits per heavy atom. The predicted octanol–water partition coefficient (Wildman–Crippen LogP) is 3.68. The Morgan fingerprint density at radius 1 is 1.10 bits per heavy atom. The number of carbonyl (C=O) groups is 1. The lowest BCUT2D eigenvalue weighted by molar-refractivity contribution is 0.0951. The Labute approximate surface area is 183 Å². The summed E-state index contributed by atoms with van der Waals surface area (Å²) in [7, 11) is 0. The summed E-state index contributed by atoms with van der Waals surface area (Å²) in [5, 5.41) is 17.6. The van der Waals surface area contributed by atoms with Gasteiger partial charge in [-0.15, -0.1) is 5.10 Å². The van der Waals surface area contributed by atoms with Gasteiger partial charge in [-0.2, -0.15) is 5.10 Å². The van der Waals surface area contributed by atoms with Crippen LogP contribution in [0.5, 0.6) is 0 Å². The van der Waals surface area contributed by atoms with Gasteiger partial charge < -0.3 is 15.5 Å². The van der Waals surface area contributed by atoms with Crippen molar-refractivity contribution >= 4 is 22.5 Å². The first-order valence-electron chi connectivity index (χ1n) is 11.2. The molecule has 0 bridgehead atoms. The third-order valence-corrected chi connectivity index (χ3v) is 6.22. The first-order chi connectivity index (χ1) is 15.0. The van der Waals surface area contributed by atoms with Gasteiger partial charge in [0.1, 0.15) is 0 Å². The standard InChI is InChI=1S/C25H29N5O/c1-15-4-5-19(25(31)28-21-7-8-21)11-23(15)18-6-9-22-20(10-18)12-26-29-24(22)30-13-16(2)27-17(3)14-30/h4-6,9-12,16-17,21,27H,7-8,13-14H2,1-3H3,(H,28,31). The van der Waals surface area contributed by atoms with Crippen LogP contribution in [0, 0.1) is 6.92 Å². The van der Waals surface area contributed by atoms with Crippen LogP contribution in [0.15, 0.2) is 42.6 Å². The first-order valence-corrected chi connectivity index (χ1v) is 11.2. The van der Waals surface area contributed by atoms with Gasteiger partial charge in [0, 0.05) is 47.6 Å². The maximum atomic E-state index is 12.5. The molecule has 2 atom stereocenters. The van der Waals surface area contributed by atoms with E-state index < -0.39 is 0 Å². The summed E-state index contributed by atoms with van der Waals surface area (Å²) in [6.45, 7) is 8.32. The number of hydrogen-bond acceptors (Lipinski definition) is 5. The second kappa shape index (κ2) is 7.93. The number of fused-ring (bicyclic) bond motifs is 1. The lowest BCUT2D eigenvalue weighted by atomic mass is 9.96. The Kier molecular flexibility index (Phi) is 5.10. The molecule has 1 amide bonds. The Bertz CT molecular complexity index is 1130. The van der Waals surface area contributed by atoms with Crippen molar-refractivity contribution in [2.24, 2.45) is 0 Å². The van der Waals surface area contributed by atoms with Crippen LogP contribution in [0.25, 0.3) is 21.9 Å². The molecule has 31 heavy (non-hydrogen) atoms. The first kappa shape index (κ1) is 19.9. The largest absolute Gasteiger partial charge is 0.352 e. The van der Waals surface area contributed by atoms with E-state index in [-0.39, 0.29) is 5.91 Å². The van der Waals surface area contributed by atoms with E-state index in [9.17, 15) is 4.79 Å². The van der Waals surface area contributed by atoms with Crippen LogP contribution < -0.4 is 15.5 Å². The Morgan fingerprint density at radius 3 is 2.61 bits per heavy atom. The van der Waals surface area contributed by atoms with E-state index in [4.69, 9.17) is 0 Å². The van der Waals surface area contributed by atoms with Crippen LogP contribution >= 0.6 is 0 Å². The molecule has 1 saturated heterocycles. The lowest BCUT2D eigenvalue weighted by Gasteiger charge is -2.37. The molecule has 5 rings (SSSR count). The van der Waals surface area contributed by atoms with Crippen molar-refractivity contribution in [1.82, 2.24) is 20.8 Å². The number of rotatable bonds is 4. The van der Waals surface area contributed by atoms with Crippen LogP contribution in [0.2, 0.25) is 0 Å². The molecule has 1 aromatic heterocycles. The molecule has 2 unspecified atom stereocenters. The summed E-state index contributed by atoms with van der Waals surface area (Å²) in [6.07, 6.45) is 4.00. The maximum absolute atomic E-state index is 12.5. The van der Waals surface area contributed by atoms with Gasteiger partial charge in [0.2, 0.25) is 0 Å². The lowest BCUT2D eigenvalue weighted by Crippen LogP contribution is -2.54. The van der Waals surface area contributed by atoms with Gasteiger partial charge in [-0.3, -0.25) is 4.79 Å². The van der Waals surface area contributed by atoms with Gasteiger partial charge >= 0.3 is 0 Å². The van der Waals surface area contributed by atoms with Crippen molar-refractivity contribution in [3.05, 3.63) is 53.7 Å². The van der Waals surface area contributed by atoms with Gasteiger partial charge in [-0.1, -0.05) is 12.1 Å². The van der Waals surface area contributed by atoms with Crippen molar-refractivity contribution in [1.29, 1.82) is 0 Å². The van der Waals surface area contributed by atoms with Gasteiger partial charge in [0.25, 0.3) is 5.91 Å². The zero-order valence-electron chi connectivity index (χ0n) is 18.4. The molecule has 2 N–H and O–H groups in total. The highest BCUT2D eigenvalue weighted by Crippen LogP contribution is 2.31. The number of piperazine rings is 1. The number of hydrogen-bond donors (Lipinski definition) is 2. The fourth-order valence-corrected chi connectivity index (χ4v) is 4.54. The molecule has 1 aliphatic carbocycles. The van der Waals surface area contributed by atoms with E-state index in [2.05, 4.69) is 64.7 Å². The molecule has 160 valence electrons. The van der Waals surface area contributed by atoms with Crippen molar-refractivity contribution in [3.8, 4) is 11.1 Å². The Balaban J connectivity index is 1.50. The van der Waals surface area contributed by atoms with E-state index in [1.807, 2.05) is 24.4 Å². The minimum Gasteiger partial charge on any atom is -0.352 e. The molecule has 2 aliphatic rings. The third kappa shape index (κ3) is 4.12. The minimum absolute atomic E-state index is 0.0136. The van der Waals surface area contributed by atoms with Crippen LogP contribution in [0.4, 0.5) is 5.82 Å². The fraction of sp³-hybridized carbons (Fsp3) is 0.400. The highest BCUT2D eigenvalue weighted by molar-refractivity contribution is 5.98. The summed E-state index contributed by atoms with van der Waals surface area (Å²) in [6, 6.07) is 13.5. The molecular weight excluding hydrogens is 386 g/mol. The maximum Gasteiger partial charge on any atom is 0.251 e. The van der Waals surface area contributed by atoms with Crippen molar-refractivity contribution < 1.29 is 4.79 Å².